The third-order valence-corrected chi connectivity index (χ3v) is 4.23. The molecule has 0 aromatic rings. The fraction of sp³-hybridized carbons (Fsp3) is 0.923. The van der Waals surface area contributed by atoms with Crippen LogP contribution in [0.4, 0.5) is 0 Å². The summed E-state index contributed by atoms with van der Waals surface area (Å²) in [5, 5.41) is 0. The second-order valence-electron chi connectivity index (χ2n) is 5.32. The molecule has 2 aliphatic rings. The Hall–Kier alpha value is -0.530. The molecule has 1 amide bonds. The highest BCUT2D eigenvalue weighted by Crippen LogP contribution is 2.33. The van der Waals surface area contributed by atoms with E-state index in [9.17, 15) is 4.79 Å². The quantitative estimate of drug-likeness (QED) is 0.700. The SMILES string of the molecule is CCC(C)C1CCN(C(=O)C2CC2)CC1. The number of hydrogen-bond acceptors (Lipinski definition) is 1. The van der Waals surface area contributed by atoms with Gasteiger partial charge in [-0.15, -0.1) is 0 Å². The minimum atomic E-state index is 0.408. The van der Waals surface area contributed by atoms with Gasteiger partial charge in [-0.25, -0.2) is 0 Å². The second kappa shape index (κ2) is 4.54. The van der Waals surface area contributed by atoms with Gasteiger partial charge < -0.3 is 4.90 Å². The summed E-state index contributed by atoms with van der Waals surface area (Å²) in [5.74, 6) is 2.55. The molecule has 0 N–H and O–H groups in total. The average molecular weight is 209 g/mol. The maximum absolute atomic E-state index is 11.8. The lowest BCUT2D eigenvalue weighted by Crippen LogP contribution is -2.40. The molecule has 86 valence electrons. The zero-order valence-electron chi connectivity index (χ0n) is 10.0. The van der Waals surface area contributed by atoms with E-state index in [1.54, 1.807) is 0 Å². The third kappa shape index (κ3) is 2.53. The predicted octanol–water partition coefficient (Wildman–Crippen LogP) is 2.68. The monoisotopic (exact) mass is 209 g/mol. The highest BCUT2D eigenvalue weighted by molar-refractivity contribution is 5.81. The van der Waals surface area contributed by atoms with Crippen LogP contribution in [0.1, 0.15) is 46.0 Å². The molecule has 0 radical (unpaired) electrons. The molecule has 1 heterocycles. The molecule has 1 aliphatic heterocycles. The third-order valence-electron chi connectivity index (χ3n) is 4.23. The van der Waals surface area contributed by atoms with E-state index in [0.717, 1.165) is 37.8 Å². The van der Waals surface area contributed by atoms with E-state index in [4.69, 9.17) is 0 Å². The Balaban J connectivity index is 1.78. The average Bonchev–Trinajstić information content (AvgIpc) is 3.11. The van der Waals surface area contributed by atoms with Crippen LogP contribution in [-0.4, -0.2) is 23.9 Å². The summed E-state index contributed by atoms with van der Waals surface area (Å²) >= 11 is 0. The minimum Gasteiger partial charge on any atom is -0.342 e. The predicted molar refractivity (Wildman–Crippen MR) is 61.5 cm³/mol. The summed E-state index contributed by atoms with van der Waals surface area (Å²) in [6.45, 7) is 6.66. The summed E-state index contributed by atoms with van der Waals surface area (Å²) < 4.78 is 0. The molecule has 2 rings (SSSR count). The molecule has 1 aliphatic carbocycles. The largest absolute Gasteiger partial charge is 0.342 e. The number of amides is 1. The van der Waals surface area contributed by atoms with Gasteiger partial charge in [0.1, 0.15) is 0 Å². The number of rotatable bonds is 3. The molecule has 1 saturated heterocycles. The molecule has 1 unspecified atom stereocenters. The zero-order valence-corrected chi connectivity index (χ0v) is 10.0. The molecule has 1 saturated carbocycles. The van der Waals surface area contributed by atoms with Crippen LogP contribution in [0.5, 0.6) is 0 Å². The van der Waals surface area contributed by atoms with Crippen molar-refractivity contribution in [2.45, 2.75) is 46.0 Å². The molecule has 15 heavy (non-hydrogen) atoms. The Labute approximate surface area is 93.0 Å². The number of carbonyl (C=O) groups excluding carboxylic acids is 1. The van der Waals surface area contributed by atoms with Crippen LogP contribution in [0, 0.1) is 17.8 Å². The van der Waals surface area contributed by atoms with Crippen molar-refractivity contribution >= 4 is 5.91 Å². The topological polar surface area (TPSA) is 20.3 Å². The highest BCUT2D eigenvalue weighted by Gasteiger charge is 2.35. The van der Waals surface area contributed by atoms with Gasteiger partial charge in [0, 0.05) is 19.0 Å². The highest BCUT2D eigenvalue weighted by atomic mass is 16.2. The van der Waals surface area contributed by atoms with E-state index in [1.807, 2.05) is 0 Å². The Morgan fingerprint density at radius 3 is 2.33 bits per heavy atom. The molecule has 2 nitrogen and oxygen atoms in total. The number of carbonyl (C=O) groups is 1. The van der Waals surface area contributed by atoms with Crippen molar-refractivity contribution in [2.24, 2.45) is 17.8 Å². The van der Waals surface area contributed by atoms with Crippen LogP contribution < -0.4 is 0 Å². The summed E-state index contributed by atoms with van der Waals surface area (Å²) in [4.78, 5) is 13.9. The van der Waals surface area contributed by atoms with Crippen molar-refractivity contribution in [3.8, 4) is 0 Å². The molecule has 2 fully saturated rings. The van der Waals surface area contributed by atoms with Gasteiger partial charge in [0.25, 0.3) is 0 Å². The van der Waals surface area contributed by atoms with Gasteiger partial charge >= 0.3 is 0 Å². The van der Waals surface area contributed by atoms with Gasteiger partial charge in [-0.2, -0.15) is 0 Å². The fourth-order valence-electron chi connectivity index (χ4n) is 2.61. The van der Waals surface area contributed by atoms with Crippen LogP contribution in [0.15, 0.2) is 0 Å². The molecular weight excluding hydrogens is 186 g/mol. The smallest absolute Gasteiger partial charge is 0.225 e. The normalized spacial score (nSPS) is 25.3. The Kier molecular flexibility index (Phi) is 3.32. The zero-order chi connectivity index (χ0) is 10.8. The Bertz CT molecular complexity index is 227. The first-order chi connectivity index (χ1) is 7.22. The molecule has 0 aromatic carbocycles. The van der Waals surface area contributed by atoms with Gasteiger partial charge in [0.15, 0.2) is 0 Å². The van der Waals surface area contributed by atoms with E-state index in [-0.39, 0.29) is 0 Å². The molecular formula is C13H23NO. The lowest BCUT2D eigenvalue weighted by atomic mass is 9.84. The molecule has 2 heteroatoms. The van der Waals surface area contributed by atoms with Crippen molar-refractivity contribution in [3.63, 3.8) is 0 Å². The minimum absolute atomic E-state index is 0.408. The lowest BCUT2D eigenvalue weighted by Gasteiger charge is -2.34. The van der Waals surface area contributed by atoms with Crippen molar-refractivity contribution in [2.75, 3.05) is 13.1 Å². The fourth-order valence-corrected chi connectivity index (χ4v) is 2.61. The van der Waals surface area contributed by atoms with Crippen molar-refractivity contribution < 1.29 is 4.79 Å². The molecule has 0 bridgehead atoms. The van der Waals surface area contributed by atoms with Gasteiger partial charge in [-0.1, -0.05) is 20.3 Å². The maximum atomic E-state index is 11.8. The summed E-state index contributed by atoms with van der Waals surface area (Å²) in [6, 6.07) is 0. The van der Waals surface area contributed by atoms with E-state index < -0.39 is 0 Å². The lowest BCUT2D eigenvalue weighted by molar-refractivity contribution is -0.134. The van der Waals surface area contributed by atoms with E-state index in [2.05, 4.69) is 18.7 Å². The molecule has 0 aromatic heterocycles. The maximum Gasteiger partial charge on any atom is 0.225 e. The van der Waals surface area contributed by atoms with Gasteiger partial charge in [0.05, 0.1) is 0 Å². The van der Waals surface area contributed by atoms with E-state index in [1.165, 1.54) is 19.3 Å². The van der Waals surface area contributed by atoms with Crippen molar-refractivity contribution in [3.05, 3.63) is 0 Å². The Morgan fingerprint density at radius 2 is 1.87 bits per heavy atom. The van der Waals surface area contributed by atoms with Gasteiger partial charge in [-0.3, -0.25) is 4.79 Å². The van der Waals surface area contributed by atoms with Crippen LogP contribution >= 0.6 is 0 Å². The van der Waals surface area contributed by atoms with E-state index in [0.29, 0.717) is 11.8 Å². The molecule has 1 atom stereocenters. The number of piperidine rings is 1. The summed E-state index contributed by atoms with van der Waals surface area (Å²) in [7, 11) is 0. The summed E-state index contributed by atoms with van der Waals surface area (Å²) in [5.41, 5.74) is 0. The van der Waals surface area contributed by atoms with E-state index >= 15 is 0 Å². The van der Waals surface area contributed by atoms with Crippen molar-refractivity contribution in [1.82, 2.24) is 4.90 Å². The first kappa shape index (κ1) is 11.0. The van der Waals surface area contributed by atoms with Crippen LogP contribution in [0.25, 0.3) is 0 Å². The van der Waals surface area contributed by atoms with Gasteiger partial charge in [0.2, 0.25) is 5.91 Å². The second-order valence-corrected chi connectivity index (χ2v) is 5.32. The van der Waals surface area contributed by atoms with Crippen LogP contribution in [0.2, 0.25) is 0 Å². The standard InChI is InChI=1S/C13H23NO/c1-3-10(2)11-6-8-14(9-7-11)13(15)12-4-5-12/h10-12H,3-9H2,1-2H3. The summed E-state index contributed by atoms with van der Waals surface area (Å²) in [6.07, 6.45) is 6.02. The number of likely N-dealkylation sites (tertiary alicyclic amines) is 1. The first-order valence-corrected chi connectivity index (χ1v) is 6.51. The Morgan fingerprint density at radius 1 is 1.27 bits per heavy atom. The number of nitrogens with zero attached hydrogens (tertiary/aromatic N) is 1. The first-order valence-electron chi connectivity index (χ1n) is 6.51. The van der Waals surface area contributed by atoms with Crippen LogP contribution in [-0.2, 0) is 4.79 Å². The number of hydrogen-bond donors (Lipinski definition) is 0. The molecule has 0 spiro atoms. The van der Waals surface area contributed by atoms with Gasteiger partial charge in [-0.05, 0) is 37.5 Å². The van der Waals surface area contributed by atoms with Crippen molar-refractivity contribution in [1.29, 1.82) is 0 Å². The van der Waals surface area contributed by atoms with Crippen LogP contribution in [0.3, 0.4) is 0 Å².